The number of benzene rings is 3. The molecular weight excluding hydrogens is 590 g/mol. The van der Waals surface area contributed by atoms with E-state index in [-0.39, 0.29) is 17.4 Å². The molecule has 0 bridgehead atoms. The van der Waals surface area contributed by atoms with Crippen molar-refractivity contribution in [3.63, 3.8) is 0 Å². The number of nitrogens with two attached hydrogens (primary N) is 1. The molecule has 0 radical (unpaired) electrons. The highest BCUT2D eigenvalue weighted by Gasteiger charge is 2.28. The number of hydrogen-bond donors (Lipinski definition) is 3. The second kappa shape index (κ2) is 13.0. The zero-order valence-electron chi connectivity index (χ0n) is 23.5. The fourth-order valence-corrected chi connectivity index (χ4v) is 5.79. The van der Waals surface area contributed by atoms with Crippen molar-refractivity contribution in [1.82, 2.24) is 20.2 Å². The van der Waals surface area contributed by atoms with Gasteiger partial charge in [0.15, 0.2) is 9.84 Å². The molecule has 1 aliphatic rings. The maximum Gasteiger partial charge on any atom is 0.255 e. The first kappa shape index (κ1) is 30.3. The molecule has 1 aromatic heterocycles. The van der Waals surface area contributed by atoms with Crippen molar-refractivity contribution in [3.8, 4) is 5.75 Å². The van der Waals surface area contributed by atoms with Gasteiger partial charge in [0.25, 0.3) is 5.91 Å². The van der Waals surface area contributed by atoms with E-state index in [2.05, 4.69) is 15.6 Å². The Bertz CT molecular complexity index is 1720. The molecule has 5 rings (SSSR count). The molecule has 0 spiro atoms. The van der Waals surface area contributed by atoms with E-state index in [4.69, 9.17) is 22.1 Å². The summed E-state index contributed by atoms with van der Waals surface area (Å²) in [6, 6.07) is 18.2. The number of primary amides is 1. The van der Waals surface area contributed by atoms with Gasteiger partial charge >= 0.3 is 0 Å². The molecule has 0 saturated heterocycles. The summed E-state index contributed by atoms with van der Waals surface area (Å²) >= 11 is 5.96. The van der Waals surface area contributed by atoms with Gasteiger partial charge in [0, 0.05) is 55.0 Å². The smallest absolute Gasteiger partial charge is 0.255 e. The average Bonchev–Trinajstić information content (AvgIpc) is 3.42. The van der Waals surface area contributed by atoms with Crippen molar-refractivity contribution < 1.29 is 22.7 Å². The number of aromatic nitrogens is 2. The molecule has 0 aliphatic carbocycles. The zero-order valence-corrected chi connectivity index (χ0v) is 25.1. The monoisotopic (exact) mass is 621 g/mol. The third kappa shape index (κ3) is 7.42. The van der Waals surface area contributed by atoms with Gasteiger partial charge in [-0.1, -0.05) is 48.0 Å². The molecule has 4 N–H and O–H groups in total. The van der Waals surface area contributed by atoms with E-state index in [1.165, 1.54) is 6.26 Å². The summed E-state index contributed by atoms with van der Waals surface area (Å²) in [5, 5.41) is 6.90. The molecular formula is C31H32ClN5O5S. The number of carbonyl (C=O) groups is 2. The highest BCUT2D eigenvalue weighted by Crippen LogP contribution is 2.35. The maximum atomic E-state index is 13.3. The van der Waals surface area contributed by atoms with Crippen molar-refractivity contribution in [1.29, 1.82) is 0 Å². The van der Waals surface area contributed by atoms with Crippen molar-refractivity contribution in [2.45, 2.75) is 42.9 Å². The van der Waals surface area contributed by atoms with Crippen molar-refractivity contribution >= 4 is 33.3 Å². The van der Waals surface area contributed by atoms with Gasteiger partial charge in [0.1, 0.15) is 11.8 Å². The summed E-state index contributed by atoms with van der Waals surface area (Å²) in [6.45, 7) is 1.45. The SMILES string of the molecule is CS(=O)(=O)c1ccc(Cn2cncc2CNC2CCOc3c(C(=O)NC(Cc4ccc(Cl)cc4)C(N)=O)cccc32)cc1. The predicted octanol–water partition coefficient (Wildman–Crippen LogP) is 3.43. The Labute approximate surface area is 255 Å². The number of rotatable bonds is 11. The molecule has 1 aliphatic heterocycles. The van der Waals surface area contributed by atoms with Crippen LogP contribution in [0.5, 0.6) is 5.75 Å². The van der Waals surface area contributed by atoms with Gasteiger partial charge in [-0.2, -0.15) is 0 Å². The summed E-state index contributed by atoms with van der Waals surface area (Å²) in [5.41, 5.74) is 9.50. The summed E-state index contributed by atoms with van der Waals surface area (Å²) in [7, 11) is -3.26. The standard InChI is InChI=1S/C31H32ClN5O5S/c1-43(40,41)24-11-7-21(8-12-24)18-37-19-34-16-23(37)17-35-27-13-14-42-29-25(27)3-2-4-26(29)31(39)36-28(30(33)38)15-20-5-9-22(32)10-6-20/h2-12,16,19,27-28,35H,13-15,17-18H2,1H3,(H2,33,38)(H,36,39). The van der Waals surface area contributed by atoms with E-state index in [1.807, 2.05) is 10.6 Å². The van der Waals surface area contributed by atoms with Gasteiger partial charge in [-0.3, -0.25) is 9.59 Å². The van der Waals surface area contributed by atoms with Gasteiger partial charge in [0.2, 0.25) is 5.91 Å². The van der Waals surface area contributed by atoms with E-state index < -0.39 is 27.7 Å². The van der Waals surface area contributed by atoms with Crippen LogP contribution in [0.15, 0.2) is 84.1 Å². The lowest BCUT2D eigenvalue weighted by Gasteiger charge is -2.28. The van der Waals surface area contributed by atoms with Crippen molar-refractivity contribution in [2.24, 2.45) is 5.73 Å². The summed E-state index contributed by atoms with van der Waals surface area (Å²) < 4.78 is 31.5. The Morgan fingerprint density at radius 3 is 2.51 bits per heavy atom. The Hall–Kier alpha value is -4.19. The topological polar surface area (TPSA) is 145 Å². The van der Waals surface area contributed by atoms with E-state index >= 15 is 0 Å². The third-order valence-corrected chi connectivity index (χ3v) is 8.73. The van der Waals surface area contributed by atoms with E-state index in [1.54, 1.807) is 73.2 Å². The molecule has 2 unspecified atom stereocenters. The van der Waals surface area contributed by atoms with Crippen LogP contribution in [0.1, 0.15) is 45.2 Å². The van der Waals surface area contributed by atoms with Crippen LogP contribution < -0.4 is 21.1 Å². The second-order valence-corrected chi connectivity index (χ2v) is 12.9. The van der Waals surface area contributed by atoms with E-state index in [9.17, 15) is 18.0 Å². The zero-order chi connectivity index (χ0) is 30.6. The number of hydrogen-bond acceptors (Lipinski definition) is 7. The molecule has 43 heavy (non-hydrogen) atoms. The lowest BCUT2D eigenvalue weighted by Crippen LogP contribution is -2.46. The van der Waals surface area contributed by atoms with Crippen molar-refractivity contribution in [3.05, 3.63) is 112 Å². The molecule has 2 amide bonds. The largest absolute Gasteiger partial charge is 0.492 e. The van der Waals surface area contributed by atoms with Gasteiger partial charge in [-0.05, 0) is 41.5 Å². The highest BCUT2D eigenvalue weighted by atomic mass is 35.5. The first-order valence-corrected chi connectivity index (χ1v) is 16.0. The highest BCUT2D eigenvalue weighted by molar-refractivity contribution is 7.90. The van der Waals surface area contributed by atoms with Crippen molar-refractivity contribution in [2.75, 3.05) is 12.9 Å². The summed E-state index contributed by atoms with van der Waals surface area (Å²) in [6.07, 6.45) is 5.63. The third-order valence-electron chi connectivity index (χ3n) is 7.35. The number of carbonyl (C=O) groups excluding carboxylic acids is 2. The number of ether oxygens (including phenoxy) is 1. The summed E-state index contributed by atoms with van der Waals surface area (Å²) in [5.74, 6) is -0.621. The first-order chi connectivity index (χ1) is 20.6. The fourth-order valence-electron chi connectivity index (χ4n) is 5.03. The van der Waals surface area contributed by atoms with Crippen LogP contribution in [0.2, 0.25) is 5.02 Å². The molecule has 12 heteroatoms. The minimum atomic E-state index is -3.26. The summed E-state index contributed by atoms with van der Waals surface area (Å²) in [4.78, 5) is 30.1. The number of nitrogens with one attached hydrogen (secondary N) is 2. The Morgan fingerprint density at radius 2 is 1.81 bits per heavy atom. The quantitative estimate of drug-likeness (QED) is 0.233. The number of fused-ring (bicyclic) bond motifs is 1. The van der Waals surface area contributed by atoms with E-state index in [0.29, 0.717) is 42.5 Å². The van der Waals surface area contributed by atoms with Crippen LogP contribution in [0, 0.1) is 0 Å². The van der Waals surface area contributed by atoms with Crippen LogP contribution in [-0.4, -0.2) is 48.7 Å². The number of nitrogens with zero attached hydrogens (tertiary/aromatic N) is 2. The number of halogens is 1. The molecule has 3 aromatic carbocycles. The molecule has 4 aromatic rings. The molecule has 0 fully saturated rings. The van der Waals surface area contributed by atoms with Gasteiger partial charge < -0.3 is 25.7 Å². The lowest BCUT2D eigenvalue weighted by molar-refractivity contribution is -0.119. The number of amides is 2. The molecule has 10 nitrogen and oxygen atoms in total. The van der Waals surface area contributed by atoms with Crippen LogP contribution in [0.4, 0.5) is 0 Å². The van der Waals surface area contributed by atoms with Crippen LogP contribution in [0.3, 0.4) is 0 Å². The molecule has 2 atom stereocenters. The number of imidazole rings is 1. The van der Waals surface area contributed by atoms with Crippen LogP contribution in [-0.2, 0) is 34.1 Å². The van der Waals surface area contributed by atoms with Gasteiger partial charge in [-0.15, -0.1) is 0 Å². The Balaban J connectivity index is 1.26. The average molecular weight is 622 g/mol. The minimum Gasteiger partial charge on any atom is -0.492 e. The molecule has 2 heterocycles. The maximum absolute atomic E-state index is 13.3. The van der Waals surface area contributed by atoms with E-state index in [0.717, 1.165) is 22.4 Å². The normalized spacial score (nSPS) is 15.3. The van der Waals surface area contributed by atoms with Gasteiger partial charge in [0.05, 0.1) is 29.1 Å². The first-order valence-electron chi connectivity index (χ1n) is 13.7. The predicted molar refractivity (Wildman–Crippen MR) is 163 cm³/mol. The van der Waals surface area contributed by atoms with Crippen LogP contribution >= 0.6 is 11.6 Å². The lowest BCUT2D eigenvalue weighted by atomic mass is 9.96. The molecule has 224 valence electrons. The fraction of sp³-hybridized carbons (Fsp3) is 0.258. The molecule has 0 saturated carbocycles. The second-order valence-electron chi connectivity index (χ2n) is 10.5. The Kier molecular flexibility index (Phi) is 9.14. The minimum absolute atomic E-state index is 0.0881. The Morgan fingerprint density at radius 1 is 1.09 bits per heavy atom. The number of para-hydroxylation sites is 1. The van der Waals surface area contributed by atoms with Crippen LogP contribution in [0.25, 0.3) is 0 Å². The van der Waals surface area contributed by atoms with Gasteiger partial charge in [-0.25, -0.2) is 13.4 Å². The number of sulfone groups is 1.